The van der Waals surface area contributed by atoms with Crippen molar-refractivity contribution in [3.63, 3.8) is 0 Å². The van der Waals surface area contributed by atoms with Gasteiger partial charge in [-0.3, -0.25) is 0 Å². The Morgan fingerprint density at radius 2 is 2.33 bits per heavy atom. The smallest absolute Gasteiger partial charge is 0.201 e. The lowest BCUT2D eigenvalue weighted by molar-refractivity contribution is 0.109. The number of benzene rings is 1. The number of rotatable bonds is 2. The Kier molecular flexibility index (Phi) is 2.63. The maximum absolute atomic E-state index is 6.06. The minimum Gasteiger partial charge on any atom is -0.494 e. The molecule has 1 saturated heterocycles. The van der Waals surface area contributed by atoms with Gasteiger partial charge in [-0.2, -0.15) is 0 Å². The van der Waals surface area contributed by atoms with Crippen LogP contribution in [-0.4, -0.2) is 29.4 Å². The van der Waals surface area contributed by atoms with Crippen LogP contribution in [0.5, 0.6) is 5.75 Å². The van der Waals surface area contributed by atoms with Crippen molar-refractivity contribution in [3.8, 4) is 5.75 Å². The average Bonchev–Trinajstić information content (AvgIpc) is 2.91. The molecule has 2 heterocycles. The monoisotopic (exact) mass is 247 g/mol. The quantitative estimate of drug-likeness (QED) is 0.881. The molecule has 2 N–H and O–H groups in total. The molecule has 0 bridgehead atoms. The minimum atomic E-state index is 0.163. The number of hydrogen-bond acceptors (Lipinski definition) is 4. The summed E-state index contributed by atoms with van der Waals surface area (Å²) in [5.74, 6) is 1.28. The van der Waals surface area contributed by atoms with Crippen LogP contribution in [0.15, 0.2) is 18.2 Å². The van der Waals surface area contributed by atoms with Crippen LogP contribution in [0.25, 0.3) is 11.0 Å². The zero-order chi connectivity index (χ0) is 12.7. The van der Waals surface area contributed by atoms with Crippen molar-refractivity contribution < 1.29 is 9.47 Å². The van der Waals surface area contributed by atoms with Crippen LogP contribution in [-0.2, 0) is 4.74 Å². The van der Waals surface area contributed by atoms with Crippen molar-refractivity contribution in [2.45, 2.75) is 25.5 Å². The van der Waals surface area contributed by atoms with Gasteiger partial charge in [0.15, 0.2) is 0 Å². The number of para-hydroxylation sites is 1. The first-order valence-corrected chi connectivity index (χ1v) is 6.14. The molecule has 1 aliphatic heterocycles. The number of nitrogen functional groups attached to an aromatic ring is 1. The highest BCUT2D eigenvalue weighted by atomic mass is 16.5. The molecule has 1 aromatic heterocycles. The van der Waals surface area contributed by atoms with Gasteiger partial charge in [-0.25, -0.2) is 4.98 Å². The summed E-state index contributed by atoms with van der Waals surface area (Å²) in [6.07, 6.45) is 1.13. The number of nitrogens with two attached hydrogens (primary N) is 1. The van der Waals surface area contributed by atoms with Crippen LogP contribution in [0.4, 0.5) is 5.95 Å². The molecule has 3 rings (SSSR count). The molecule has 2 aromatic rings. The van der Waals surface area contributed by atoms with Gasteiger partial charge in [-0.1, -0.05) is 6.07 Å². The molecule has 96 valence electrons. The van der Waals surface area contributed by atoms with Gasteiger partial charge in [0.1, 0.15) is 11.3 Å². The third-order valence-electron chi connectivity index (χ3n) is 3.60. The fourth-order valence-corrected chi connectivity index (χ4v) is 2.68. The van der Waals surface area contributed by atoms with E-state index in [-0.39, 0.29) is 12.1 Å². The standard InChI is InChI=1S/C13H17N3O2/c1-8-9(6-7-18-8)16-10-4-3-5-11(17-2)12(10)15-13(16)14/h3-5,8-9H,6-7H2,1-2H3,(H2,14,15). The number of hydrogen-bond donors (Lipinski definition) is 1. The van der Waals surface area contributed by atoms with E-state index in [4.69, 9.17) is 15.2 Å². The van der Waals surface area contributed by atoms with Gasteiger partial charge in [-0.15, -0.1) is 0 Å². The number of fused-ring (bicyclic) bond motifs is 1. The molecule has 18 heavy (non-hydrogen) atoms. The van der Waals surface area contributed by atoms with Crippen LogP contribution in [0.1, 0.15) is 19.4 Å². The molecule has 0 spiro atoms. The van der Waals surface area contributed by atoms with Gasteiger partial charge in [0.25, 0.3) is 0 Å². The van der Waals surface area contributed by atoms with E-state index in [0.717, 1.165) is 29.8 Å². The topological polar surface area (TPSA) is 62.3 Å². The fraction of sp³-hybridized carbons (Fsp3) is 0.462. The van der Waals surface area contributed by atoms with Crippen LogP contribution in [0.3, 0.4) is 0 Å². The second-order valence-electron chi connectivity index (χ2n) is 4.60. The summed E-state index contributed by atoms with van der Waals surface area (Å²) >= 11 is 0. The molecule has 1 fully saturated rings. The highest BCUT2D eigenvalue weighted by molar-refractivity contribution is 5.84. The lowest BCUT2D eigenvalue weighted by atomic mass is 10.1. The molecule has 0 radical (unpaired) electrons. The zero-order valence-electron chi connectivity index (χ0n) is 10.6. The molecule has 5 heteroatoms. The van der Waals surface area contributed by atoms with Gasteiger partial charge in [-0.05, 0) is 25.5 Å². The third-order valence-corrected chi connectivity index (χ3v) is 3.60. The molecule has 0 amide bonds. The summed E-state index contributed by atoms with van der Waals surface area (Å²) < 4.78 is 13.0. The molecule has 2 atom stereocenters. The number of aromatic nitrogens is 2. The second kappa shape index (κ2) is 4.17. The van der Waals surface area contributed by atoms with Gasteiger partial charge in [0, 0.05) is 6.61 Å². The molecule has 1 aromatic carbocycles. The Morgan fingerprint density at radius 1 is 1.50 bits per heavy atom. The normalized spacial score (nSPS) is 23.7. The number of ether oxygens (including phenoxy) is 2. The van der Waals surface area contributed by atoms with E-state index in [1.165, 1.54) is 0 Å². The molecular weight excluding hydrogens is 230 g/mol. The first-order valence-electron chi connectivity index (χ1n) is 6.14. The summed E-state index contributed by atoms with van der Waals surface area (Å²) in [5, 5.41) is 0. The third kappa shape index (κ3) is 1.54. The van der Waals surface area contributed by atoms with Crippen molar-refractivity contribution in [1.29, 1.82) is 0 Å². The van der Waals surface area contributed by atoms with Gasteiger partial charge < -0.3 is 19.8 Å². The van der Waals surface area contributed by atoms with Crippen molar-refractivity contribution in [1.82, 2.24) is 9.55 Å². The average molecular weight is 247 g/mol. The van der Waals surface area contributed by atoms with Gasteiger partial charge in [0.2, 0.25) is 5.95 Å². The van der Waals surface area contributed by atoms with Crippen LogP contribution < -0.4 is 10.5 Å². The Labute approximate surface area is 106 Å². The second-order valence-corrected chi connectivity index (χ2v) is 4.60. The van der Waals surface area contributed by atoms with Crippen LogP contribution >= 0.6 is 0 Å². The van der Waals surface area contributed by atoms with Crippen LogP contribution in [0, 0.1) is 0 Å². The van der Waals surface area contributed by atoms with Crippen molar-refractivity contribution in [2.24, 2.45) is 0 Å². The first kappa shape index (κ1) is 11.3. The maximum atomic E-state index is 6.06. The lowest BCUT2D eigenvalue weighted by Crippen LogP contribution is -2.18. The molecule has 0 saturated carbocycles. The van der Waals surface area contributed by atoms with E-state index in [9.17, 15) is 0 Å². The summed E-state index contributed by atoms with van der Waals surface area (Å²) in [4.78, 5) is 4.42. The maximum Gasteiger partial charge on any atom is 0.201 e. The van der Waals surface area contributed by atoms with Crippen molar-refractivity contribution in [3.05, 3.63) is 18.2 Å². The van der Waals surface area contributed by atoms with Gasteiger partial charge >= 0.3 is 0 Å². The SMILES string of the molecule is COc1cccc2c1nc(N)n2C1CCOC1C. The summed E-state index contributed by atoms with van der Waals surface area (Å²) in [6, 6.07) is 6.13. The highest BCUT2D eigenvalue weighted by Gasteiger charge is 2.29. The van der Waals surface area contributed by atoms with E-state index in [1.807, 2.05) is 18.2 Å². The largest absolute Gasteiger partial charge is 0.494 e. The lowest BCUT2D eigenvalue weighted by Gasteiger charge is -2.18. The Hall–Kier alpha value is -1.75. The molecule has 2 unspecified atom stereocenters. The summed E-state index contributed by atoms with van der Waals surface area (Å²) in [5.41, 5.74) is 7.88. The predicted octanol–water partition coefficient (Wildman–Crippen LogP) is 1.98. The number of anilines is 1. The molecule has 1 aliphatic rings. The van der Waals surface area contributed by atoms with E-state index in [0.29, 0.717) is 5.95 Å². The van der Waals surface area contributed by atoms with E-state index in [1.54, 1.807) is 7.11 Å². The predicted molar refractivity (Wildman–Crippen MR) is 69.8 cm³/mol. The summed E-state index contributed by atoms with van der Waals surface area (Å²) in [7, 11) is 1.64. The molecular formula is C13H17N3O2. The molecule has 0 aliphatic carbocycles. The zero-order valence-corrected chi connectivity index (χ0v) is 10.6. The summed E-state index contributed by atoms with van der Waals surface area (Å²) in [6.45, 7) is 2.85. The molecule has 5 nitrogen and oxygen atoms in total. The van der Waals surface area contributed by atoms with E-state index in [2.05, 4.69) is 16.5 Å². The number of methoxy groups -OCH3 is 1. The minimum absolute atomic E-state index is 0.163. The Morgan fingerprint density at radius 3 is 3.00 bits per heavy atom. The van der Waals surface area contributed by atoms with Gasteiger partial charge in [0.05, 0.1) is 24.8 Å². The van der Waals surface area contributed by atoms with E-state index >= 15 is 0 Å². The highest BCUT2D eigenvalue weighted by Crippen LogP contribution is 2.34. The van der Waals surface area contributed by atoms with Crippen molar-refractivity contribution in [2.75, 3.05) is 19.5 Å². The number of imidazole rings is 1. The Balaban J connectivity index is 2.20. The first-order chi connectivity index (χ1) is 8.72. The fourth-order valence-electron chi connectivity index (χ4n) is 2.68. The number of nitrogens with zero attached hydrogens (tertiary/aromatic N) is 2. The van der Waals surface area contributed by atoms with E-state index < -0.39 is 0 Å². The Bertz CT molecular complexity index is 579. The van der Waals surface area contributed by atoms with Crippen LogP contribution in [0.2, 0.25) is 0 Å². The van der Waals surface area contributed by atoms with Crippen molar-refractivity contribution >= 4 is 17.0 Å².